The predicted octanol–water partition coefficient (Wildman–Crippen LogP) is 0.916. The zero-order valence-electron chi connectivity index (χ0n) is 10.9. The monoisotopic (exact) mass is 240 g/mol. The molecule has 0 bridgehead atoms. The van der Waals surface area contributed by atoms with E-state index < -0.39 is 0 Å². The lowest BCUT2D eigenvalue weighted by molar-refractivity contribution is -0.124. The minimum absolute atomic E-state index is 0.0383. The van der Waals surface area contributed by atoms with Crippen molar-refractivity contribution in [3.05, 3.63) is 0 Å². The molecule has 1 saturated heterocycles. The lowest BCUT2D eigenvalue weighted by Gasteiger charge is -2.19. The van der Waals surface area contributed by atoms with Crippen LogP contribution in [0.1, 0.15) is 33.1 Å². The molecular weight excluding hydrogens is 216 g/mol. The number of carbonyl (C=O) groups is 1. The molecule has 1 aliphatic heterocycles. The molecule has 0 radical (unpaired) electrons. The molecular formula is C13H24N2O2. The topological polar surface area (TPSA) is 50.4 Å². The molecule has 1 saturated carbocycles. The van der Waals surface area contributed by atoms with E-state index in [4.69, 9.17) is 4.74 Å². The zero-order chi connectivity index (χ0) is 12.3. The van der Waals surface area contributed by atoms with E-state index in [0.29, 0.717) is 19.1 Å². The lowest BCUT2D eigenvalue weighted by atomic mass is 9.93. The van der Waals surface area contributed by atoms with Gasteiger partial charge in [-0.15, -0.1) is 0 Å². The van der Waals surface area contributed by atoms with Crippen LogP contribution in [0.3, 0.4) is 0 Å². The molecule has 2 aliphatic rings. The summed E-state index contributed by atoms with van der Waals surface area (Å²) in [5, 5.41) is 6.36. The average Bonchev–Trinajstić information content (AvgIpc) is 2.87. The van der Waals surface area contributed by atoms with Gasteiger partial charge in [-0.25, -0.2) is 0 Å². The number of carbonyl (C=O) groups excluding carboxylic acids is 1. The summed E-state index contributed by atoms with van der Waals surface area (Å²) < 4.78 is 5.41. The van der Waals surface area contributed by atoms with Gasteiger partial charge < -0.3 is 15.4 Å². The van der Waals surface area contributed by atoms with E-state index in [1.54, 1.807) is 0 Å². The summed E-state index contributed by atoms with van der Waals surface area (Å²) in [5.41, 5.74) is 0. The van der Waals surface area contributed by atoms with Gasteiger partial charge in [0.2, 0.25) is 5.91 Å². The Morgan fingerprint density at radius 3 is 3.12 bits per heavy atom. The van der Waals surface area contributed by atoms with Crippen molar-refractivity contribution in [2.75, 3.05) is 19.7 Å². The van der Waals surface area contributed by atoms with Crippen molar-refractivity contribution in [1.29, 1.82) is 0 Å². The minimum Gasteiger partial charge on any atom is -0.377 e. The van der Waals surface area contributed by atoms with E-state index in [2.05, 4.69) is 10.6 Å². The van der Waals surface area contributed by atoms with Crippen LogP contribution < -0.4 is 10.6 Å². The van der Waals surface area contributed by atoms with E-state index in [0.717, 1.165) is 12.5 Å². The molecule has 1 amide bonds. The van der Waals surface area contributed by atoms with Crippen molar-refractivity contribution in [2.24, 2.45) is 11.8 Å². The smallest absolute Gasteiger partial charge is 0.237 e. The van der Waals surface area contributed by atoms with Crippen LogP contribution in [0.5, 0.6) is 0 Å². The maximum Gasteiger partial charge on any atom is 0.237 e. The number of nitrogens with one attached hydrogen (secondary N) is 2. The summed E-state index contributed by atoms with van der Waals surface area (Å²) in [7, 11) is 0. The van der Waals surface area contributed by atoms with Crippen LogP contribution in [-0.2, 0) is 9.53 Å². The number of ether oxygens (including phenoxy) is 1. The van der Waals surface area contributed by atoms with Crippen molar-refractivity contribution >= 4 is 5.91 Å². The fourth-order valence-corrected chi connectivity index (χ4v) is 3.17. The van der Waals surface area contributed by atoms with Crippen LogP contribution in [-0.4, -0.2) is 37.7 Å². The summed E-state index contributed by atoms with van der Waals surface area (Å²) in [6.45, 7) is 6.29. The van der Waals surface area contributed by atoms with Crippen LogP contribution in [0.2, 0.25) is 0 Å². The third-order valence-corrected chi connectivity index (χ3v) is 4.04. The first kappa shape index (κ1) is 12.8. The summed E-state index contributed by atoms with van der Waals surface area (Å²) in [6.07, 6.45) is 3.88. The molecule has 0 aromatic carbocycles. The first-order chi connectivity index (χ1) is 8.22. The number of hydrogen-bond donors (Lipinski definition) is 2. The molecule has 17 heavy (non-hydrogen) atoms. The molecule has 0 aromatic rings. The second kappa shape index (κ2) is 5.83. The SMILES string of the molecule is CCOC(C)CNC(=O)C1NCC2CCCC21. The van der Waals surface area contributed by atoms with E-state index in [1.165, 1.54) is 19.3 Å². The highest BCUT2D eigenvalue weighted by molar-refractivity contribution is 5.82. The Bertz CT molecular complexity index is 270. The average molecular weight is 240 g/mol. The summed E-state index contributed by atoms with van der Waals surface area (Å²) in [6, 6.07) is 0.0383. The van der Waals surface area contributed by atoms with Crippen LogP contribution in [0, 0.1) is 11.8 Å². The maximum absolute atomic E-state index is 12.1. The molecule has 4 nitrogen and oxygen atoms in total. The van der Waals surface area contributed by atoms with Gasteiger partial charge in [0.15, 0.2) is 0 Å². The molecule has 4 atom stereocenters. The fraction of sp³-hybridized carbons (Fsp3) is 0.923. The highest BCUT2D eigenvalue weighted by Gasteiger charge is 2.42. The minimum atomic E-state index is 0.0383. The third kappa shape index (κ3) is 2.99. The van der Waals surface area contributed by atoms with Crippen LogP contribution in [0.25, 0.3) is 0 Å². The third-order valence-electron chi connectivity index (χ3n) is 4.04. The second-order valence-electron chi connectivity index (χ2n) is 5.25. The van der Waals surface area contributed by atoms with Gasteiger partial charge in [-0.1, -0.05) is 6.42 Å². The van der Waals surface area contributed by atoms with Crippen LogP contribution in [0.4, 0.5) is 0 Å². The van der Waals surface area contributed by atoms with Gasteiger partial charge in [-0.2, -0.15) is 0 Å². The van der Waals surface area contributed by atoms with Gasteiger partial charge in [0.05, 0.1) is 12.1 Å². The standard InChI is InChI=1S/C13H24N2O2/c1-3-17-9(2)7-15-13(16)12-11-6-4-5-10(11)8-14-12/h9-12,14H,3-8H2,1-2H3,(H,15,16). The maximum atomic E-state index is 12.1. The van der Waals surface area contributed by atoms with Gasteiger partial charge in [0.1, 0.15) is 0 Å². The summed E-state index contributed by atoms with van der Waals surface area (Å²) in [4.78, 5) is 12.1. The highest BCUT2D eigenvalue weighted by atomic mass is 16.5. The summed E-state index contributed by atoms with van der Waals surface area (Å²) >= 11 is 0. The van der Waals surface area contributed by atoms with Crippen LogP contribution in [0.15, 0.2) is 0 Å². The quantitative estimate of drug-likeness (QED) is 0.751. The van der Waals surface area contributed by atoms with Gasteiger partial charge in [0.25, 0.3) is 0 Å². The highest BCUT2D eigenvalue weighted by Crippen LogP contribution is 2.37. The Morgan fingerprint density at radius 2 is 2.35 bits per heavy atom. The van der Waals surface area contributed by atoms with E-state index in [1.807, 2.05) is 13.8 Å². The zero-order valence-corrected chi connectivity index (χ0v) is 10.9. The Labute approximate surface area is 103 Å². The largest absolute Gasteiger partial charge is 0.377 e. The number of amides is 1. The molecule has 2 N–H and O–H groups in total. The first-order valence-corrected chi connectivity index (χ1v) is 6.85. The Kier molecular flexibility index (Phi) is 4.40. The second-order valence-corrected chi connectivity index (χ2v) is 5.25. The van der Waals surface area contributed by atoms with Crippen LogP contribution >= 0.6 is 0 Å². The normalized spacial score (nSPS) is 33.4. The first-order valence-electron chi connectivity index (χ1n) is 6.85. The van der Waals surface area contributed by atoms with Crippen molar-refractivity contribution in [1.82, 2.24) is 10.6 Å². The number of hydrogen-bond acceptors (Lipinski definition) is 3. The Morgan fingerprint density at radius 1 is 1.53 bits per heavy atom. The van der Waals surface area contributed by atoms with E-state index >= 15 is 0 Å². The van der Waals surface area contributed by atoms with Gasteiger partial charge in [-0.3, -0.25) is 4.79 Å². The number of fused-ring (bicyclic) bond motifs is 1. The Hall–Kier alpha value is -0.610. The molecule has 2 rings (SSSR count). The molecule has 0 aromatic heterocycles. The number of rotatable bonds is 5. The Balaban J connectivity index is 1.76. The van der Waals surface area contributed by atoms with Crippen molar-refractivity contribution in [3.63, 3.8) is 0 Å². The molecule has 4 heteroatoms. The molecule has 4 unspecified atom stereocenters. The molecule has 0 spiro atoms. The predicted molar refractivity (Wildman–Crippen MR) is 66.7 cm³/mol. The van der Waals surface area contributed by atoms with Gasteiger partial charge in [-0.05, 0) is 45.1 Å². The molecule has 98 valence electrons. The van der Waals surface area contributed by atoms with Crippen molar-refractivity contribution in [3.8, 4) is 0 Å². The van der Waals surface area contributed by atoms with E-state index in [9.17, 15) is 4.79 Å². The van der Waals surface area contributed by atoms with E-state index in [-0.39, 0.29) is 18.1 Å². The molecule has 1 aliphatic carbocycles. The van der Waals surface area contributed by atoms with Gasteiger partial charge in [0, 0.05) is 13.2 Å². The fourth-order valence-electron chi connectivity index (χ4n) is 3.17. The van der Waals surface area contributed by atoms with Crippen molar-refractivity contribution in [2.45, 2.75) is 45.3 Å². The lowest BCUT2D eigenvalue weighted by Crippen LogP contribution is -2.46. The summed E-state index contributed by atoms with van der Waals surface area (Å²) in [5.74, 6) is 1.46. The van der Waals surface area contributed by atoms with Gasteiger partial charge >= 0.3 is 0 Å². The van der Waals surface area contributed by atoms with Crippen molar-refractivity contribution < 1.29 is 9.53 Å². The molecule has 2 fully saturated rings. The molecule has 1 heterocycles.